The van der Waals surface area contributed by atoms with Gasteiger partial charge in [-0.2, -0.15) is 0 Å². The van der Waals surface area contributed by atoms with Crippen LogP contribution < -0.4 is 10.1 Å². The lowest BCUT2D eigenvalue weighted by atomic mass is 9.92. The third-order valence-electron chi connectivity index (χ3n) is 4.19. The van der Waals surface area contributed by atoms with Crippen molar-refractivity contribution in [2.24, 2.45) is 0 Å². The molecule has 0 unspecified atom stereocenters. The Labute approximate surface area is 146 Å². The minimum atomic E-state index is -0.0135. The van der Waals surface area contributed by atoms with E-state index in [4.69, 9.17) is 16.3 Å². The van der Waals surface area contributed by atoms with E-state index in [2.05, 4.69) is 15.3 Å². The minimum Gasteiger partial charge on any atom is -0.460 e. The highest BCUT2D eigenvalue weighted by Crippen LogP contribution is 2.22. The van der Waals surface area contributed by atoms with E-state index in [1.807, 2.05) is 31.2 Å². The summed E-state index contributed by atoms with van der Waals surface area (Å²) in [6.07, 6.45) is 6.63. The second kappa shape index (κ2) is 7.62. The summed E-state index contributed by atoms with van der Waals surface area (Å²) >= 11 is 5.76. The Morgan fingerprint density at radius 2 is 1.75 bits per heavy atom. The van der Waals surface area contributed by atoms with Crippen LogP contribution in [-0.4, -0.2) is 28.0 Å². The molecule has 24 heavy (non-hydrogen) atoms. The summed E-state index contributed by atoms with van der Waals surface area (Å²) in [5, 5.41) is 3.59. The number of ether oxygens (including phenoxy) is 1. The van der Waals surface area contributed by atoms with Crippen LogP contribution in [0.25, 0.3) is 0 Å². The number of carbonyl (C=O) groups is 1. The average molecular weight is 346 g/mol. The number of rotatable bonds is 4. The van der Waals surface area contributed by atoms with Crippen LogP contribution in [0.1, 0.15) is 41.6 Å². The topological polar surface area (TPSA) is 64.1 Å². The van der Waals surface area contributed by atoms with Gasteiger partial charge in [0.15, 0.2) is 0 Å². The lowest BCUT2D eigenvalue weighted by Crippen LogP contribution is -2.39. The van der Waals surface area contributed by atoms with Gasteiger partial charge in [-0.3, -0.25) is 4.79 Å². The maximum absolute atomic E-state index is 12.3. The Kier molecular flexibility index (Phi) is 5.30. The minimum absolute atomic E-state index is 0.0135. The third kappa shape index (κ3) is 4.45. The molecular weight excluding hydrogens is 326 g/mol. The van der Waals surface area contributed by atoms with E-state index >= 15 is 0 Å². The molecule has 6 heteroatoms. The van der Waals surface area contributed by atoms with E-state index < -0.39 is 0 Å². The first-order valence-corrected chi connectivity index (χ1v) is 8.49. The maximum atomic E-state index is 12.3. The number of aromatic nitrogens is 2. The van der Waals surface area contributed by atoms with Gasteiger partial charge in [0.1, 0.15) is 6.10 Å². The molecule has 0 radical (unpaired) electrons. The van der Waals surface area contributed by atoms with Gasteiger partial charge in [-0.1, -0.05) is 29.3 Å². The van der Waals surface area contributed by atoms with Crippen molar-refractivity contribution in [1.29, 1.82) is 0 Å². The fourth-order valence-corrected chi connectivity index (χ4v) is 2.91. The van der Waals surface area contributed by atoms with Crippen LogP contribution in [-0.2, 0) is 0 Å². The van der Waals surface area contributed by atoms with Gasteiger partial charge in [0, 0.05) is 11.6 Å². The maximum Gasteiger partial charge on any atom is 0.316 e. The zero-order valence-corrected chi connectivity index (χ0v) is 14.3. The quantitative estimate of drug-likeness (QED) is 0.920. The highest BCUT2D eigenvalue weighted by molar-refractivity contribution is 6.30. The molecular formula is C18H20ClN3O2. The van der Waals surface area contributed by atoms with Gasteiger partial charge in [-0.25, -0.2) is 9.97 Å². The van der Waals surface area contributed by atoms with E-state index in [1.54, 1.807) is 0 Å². The number of carbonyl (C=O) groups excluding carboxylic acids is 1. The molecule has 0 aliphatic heterocycles. The monoisotopic (exact) mass is 345 g/mol. The summed E-state index contributed by atoms with van der Waals surface area (Å²) in [5.41, 5.74) is 1.85. The van der Waals surface area contributed by atoms with Crippen molar-refractivity contribution in [3.63, 3.8) is 0 Å². The molecule has 1 saturated carbocycles. The average Bonchev–Trinajstić information content (AvgIpc) is 2.59. The third-order valence-corrected chi connectivity index (χ3v) is 4.39. The van der Waals surface area contributed by atoms with E-state index in [0.717, 1.165) is 31.2 Å². The molecule has 1 aromatic heterocycles. The summed E-state index contributed by atoms with van der Waals surface area (Å²) in [7, 11) is 0. The molecule has 0 bridgehead atoms. The molecule has 1 N–H and O–H groups in total. The lowest BCUT2D eigenvalue weighted by Gasteiger charge is -2.28. The molecule has 1 heterocycles. The van der Waals surface area contributed by atoms with Gasteiger partial charge >= 0.3 is 6.01 Å². The largest absolute Gasteiger partial charge is 0.460 e. The SMILES string of the molecule is Cc1ccc(C(=O)NC2CCC(Oc3ncc(Cl)cn3)CC2)cc1. The first-order chi connectivity index (χ1) is 11.6. The molecule has 2 aromatic rings. The van der Waals surface area contributed by atoms with Crippen LogP contribution in [0.4, 0.5) is 0 Å². The predicted molar refractivity (Wildman–Crippen MR) is 92.4 cm³/mol. The van der Waals surface area contributed by atoms with Crippen molar-refractivity contribution in [3.05, 3.63) is 52.8 Å². The summed E-state index contributed by atoms with van der Waals surface area (Å²) in [6.45, 7) is 2.01. The highest BCUT2D eigenvalue weighted by atomic mass is 35.5. The van der Waals surface area contributed by atoms with E-state index in [1.165, 1.54) is 12.4 Å². The van der Waals surface area contributed by atoms with Gasteiger partial charge < -0.3 is 10.1 Å². The zero-order valence-electron chi connectivity index (χ0n) is 13.5. The number of aryl methyl sites for hydroxylation is 1. The molecule has 126 valence electrons. The van der Waals surface area contributed by atoms with Crippen molar-refractivity contribution >= 4 is 17.5 Å². The summed E-state index contributed by atoms with van der Waals surface area (Å²) in [5.74, 6) is -0.0135. The Morgan fingerprint density at radius 3 is 2.38 bits per heavy atom. The highest BCUT2D eigenvalue weighted by Gasteiger charge is 2.24. The molecule has 0 spiro atoms. The van der Waals surface area contributed by atoms with Crippen LogP contribution in [0.15, 0.2) is 36.7 Å². The normalized spacial score (nSPS) is 20.4. The fourth-order valence-electron chi connectivity index (χ4n) is 2.81. The number of amides is 1. The zero-order chi connectivity index (χ0) is 16.9. The number of halogens is 1. The number of benzene rings is 1. The Morgan fingerprint density at radius 1 is 1.12 bits per heavy atom. The Hall–Kier alpha value is -2.14. The predicted octanol–water partition coefficient (Wildman–Crippen LogP) is 3.56. The molecule has 0 atom stereocenters. The molecule has 0 saturated heterocycles. The Bertz CT molecular complexity index is 680. The van der Waals surface area contributed by atoms with E-state index in [-0.39, 0.29) is 18.1 Å². The summed E-state index contributed by atoms with van der Waals surface area (Å²) < 4.78 is 5.77. The molecule has 1 aromatic carbocycles. The number of nitrogens with zero attached hydrogens (tertiary/aromatic N) is 2. The molecule has 1 fully saturated rings. The standard InChI is InChI=1S/C18H20ClN3O2/c1-12-2-4-13(5-3-12)17(23)22-15-6-8-16(9-7-15)24-18-20-10-14(19)11-21-18/h2-5,10-11,15-16H,6-9H2,1H3,(H,22,23). The second-order valence-corrected chi connectivity index (χ2v) is 6.55. The summed E-state index contributed by atoms with van der Waals surface area (Å²) in [6, 6.07) is 8.16. The van der Waals surface area contributed by atoms with Crippen LogP contribution in [0.2, 0.25) is 5.02 Å². The van der Waals surface area contributed by atoms with Crippen molar-refractivity contribution in [1.82, 2.24) is 15.3 Å². The molecule has 1 aliphatic carbocycles. The van der Waals surface area contributed by atoms with E-state index in [9.17, 15) is 4.79 Å². The Balaban J connectivity index is 1.47. The molecule has 5 nitrogen and oxygen atoms in total. The number of hydrogen-bond acceptors (Lipinski definition) is 4. The molecule has 3 rings (SSSR count). The fraction of sp³-hybridized carbons (Fsp3) is 0.389. The number of nitrogens with one attached hydrogen (secondary N) is 1. The van der Waals surface area contributed by atoms with Crippen LogP contribution in [0.3, 0.4) is 0 Å². The second-order valence-electron chi connectivity index (χ2n) is 6.11. The van der Waals surface area contributed by atoms with Crippen LogP contribution in [0, 0.1) is 6.92 Å². The van der Waals surface area contributed by atoms with Crippen molar-refractivity contribution in [3.8, 4) is 6.01 Å². The van der Waals surface area contributed by atoms with Crippen LogP contribution in [0.5, 0.6) is 6.01 Å². The lowest BCUT2D eigenvalue weighted by molar-refractivity contribution is 0.0885. The molecule has 1 amide bonds. The van der Waals surface area contributed by atoms with Crippen molar-refractivity contribution in [2.75, 3.05) is 0 Å². The van der Waals surface area contributed by atoms with Gasteiger partial charge in [-0.15, -0.1) is 0 Å². The van der Waals surface area contributed by atoms with Gasteiger partial charge in [0.2, 0.25) is 0 Å². The van der Waals surface area contributed by atoms with Gasteiger partial charge in [-0.05, 0) is 44.7 Å². The van der Waals surface area contributed by atoms with Gasteiger partial charge in [0.25, 0.3) is 5.91 Å². The van der Waals surface area contributed by atoms with Crippen molar-refractivity contribution < 1.29 is 9.53 Å². The van der Waals surface area contributed by atoms with Gasteiger partial charge in [0.05, 0.1) is 17.4 Å². The van der Waals surface area contributed by atoms with Crippen molar-refractivity contribution in [2.45, 2.75) is 44.8 Å². The van der Waals surface area contributed by atoms with Crippen LogP contribution >= 0.6 is 11.6 Å². The first-order valence-electron chi connectivity index (χ1n) is 8.12. The first kappa shape index (κ1) is 16.7. The molecule has 1 aliphatic rings. The summed E-state index contributed by atoms with van der Waals surface area (Å²) in [4.78, 5) is 20.4. The number of hydrogen-bond donors (Lipinski definition) is 1. The van der Waals surface area contributed by atoms with E-state index in [0.29, 0.717) is 16.6 Å². The smallest absolute Gasteiger partial charge is 0.316 e.